The Morgan fingerprint density at radius 1 is 0.927 bits per heavy atom. The second-order valence-electron chi connectivity index (χ2n) is 9.88. The van der Waals surface area contributed by atoms with Crippen molar-refractivity contribution in [2.45, 2.75) is 63.8 Å². The second kappa shape index (κ2) is 13.2. The first-order valence-corrected chi connectivity index (χ1v) is 14.6. The molecule has 2 atom stereocenters. The normalized spacial score (nSPS) is 13.2. The van der Waals surface area contributed by atoms with Crippen LogP contribution in [-0.4, -0.2) is 43.8 Å². The molecule has 3 rings (SSSR count). The molecule has 3 aromatic carbocycles. The largest absolute Gasteiger partial charge is 0.416 e. The standard InChI is InChI=1S/C30H34F3N3O4S/c1-5-22(3)34-29(38)23(4)35(19-24-12-9-11-21(2)17-24)28(37)20-36(41(39,40)27-15-7-6-8-16-27)26-14-10-13-25(18-26)30(31,32)33/h6-18,22-23H,5,19-20H2,1-4H3,(H,34,38)/t22-,23+/m0/s1. The van der Waals surface area contributed by atoms with E-state index < -0.39 is 46.2 Å². The number of benzene rings is 3. The Kier molecular flexibility index (Phi) is 10.2. The monoisotopic (exact) mass is 589 g/mol. The summed E-state index contributed by atoms with van der Waals surface area (Å²) in [6.45, 7) is 6.27. The molecular formula is C30H34F3N3O4S. The topological polar surface area (TPSA) is 86.8 Å². The van der Waals surface area contributed by atoms with Gasteiger partial charge < -0.3 is 10.2 Å². The Bertz CT molecular complexity index is 1460. The number of nitrogens with zero attached hydrogens (tertiary/aromatic N) is 2. The van der Waals surface area contributed by atoms with E-state index in [1.54, 1.807) is 18.2 Å². The Balaban J connectivity index is 2.08. The molecule has 0 aliphatic heterocycles. The van der Waals surface area contributed by atoms with Gasteiger partial charge in [0, 0.05) is 12.6 Å². The highest BCUT2D eigenvalue weighted by Crippen LogP contribution is 2.33. The number of nitrogens with one attached hydrogen (secondary N) is 1. The summed E-state index contributed by atoms with van der Waals surface area (Å²) in [5.74, 6) is -1.19. The van der Waals surface area contributed by atoms with Gasteiger partial charge in [0.2, 0.25) is 11.8 Å². The highest BCUT2D eigenvalue weighted by atomic mass is 32.2. The third-order valence-electron chi connectivity index (χ3n) is 6.68. The third kappa shape index (κ3) is 8.09. The Morgan fingerprint density at radius 2 is 1.59 bits per heavy atom. The van der Waals surface area contributed by atoms with Crippen LogP contribution >= 0.6 is 0 Å². The Labute approximate surface area is 239 Å². The predicted octanol–water partition coefficient (Wildman–Crippen LogP) is 5.54. The van der Waals surface area contributed by atoms with Crippen molar-refractivity contribution in [2.75, 3.05) is 10.8 Å². The van der Waals surface area contributed by atoms with Crippen LogP contribution in [0.4, 0.5) is 18.9 Å². The molecular weight excluding hydrogens is 555 g/mol. The number of rotatable bonds is 11. The minimum absolute atomic E-state index is 0.0164. The van der Waals surface area contributed by atoms with Crippen LogP contribution < -0.4 is 9.62 Å². The van der Waals surface area contributed by atoms with Crippen molar-refractivity contribution in [3.63, 3.8) is 0 Å². The molecule has 0 bridgehead atoms. The Hall–Kier alpha value is -3.86. The lowest BCUT2D eigenvalue weighted by Gasteiger charge is -2.32. The zero-order valence-corrected chi connectivity index (χ0v) is 24.2. The number of carbonyl (C=O) groups is 2. The van der Waals surface area contributed by atoms with E-state index in [0.29, 0.717) is 22.4 Å². The number of hydrogen-bond donors (Lipinski definition) is 1. The van der Waals surface area contributed by atoms with Gasteiger partial charge in [-0.25, -0.2) is 8.42 Å². The first-order chi connectivity index (χ1) is 19.2. The molecule has 1 N–H and O–H groups in total. The third-order valence-corrected chi connectivity index (χ3v) is 8.46. The van der Waals surface area contributed by atoms with Gasteiger partial charge in [-0.3, -0.25) is 13.9 Å². The average Bonchev–Trinajstić information content (AvgIpc) is 2.94. The highest BCUT2D eigenvalue weighted by molar-refractivity contribution is 7.92. The lowest BCUT2D eigenvalue weighted by Crippen LogP contribution is -2.52. The van der Waals surface area contributed by atoms with Crippen molar-refractivity contribution in [1.82, 2.24) is 10.2 Å². The van der Waals surface area contributed by atoms with E-state index in [4.69, 9.17) is 0 Å². The zero-order chi connectivity index (χ0) is 30.4. The molecule has 0 fully saturated rings. The van der Waals surface area contributed by atoms with Crippen molar-refractivity contribution in [3.8, 4) is 0 Å². The van der Waals surface area contributed by atoms with Crippen LogP contribution in [0.2, 0.25) is 0 Å². The second-order valence-corrected chi connectivity index (χ2v) is 11.7. The van der Waals surface area contributed by atoms with Crippen LogP contribution in [0.1, 0.15) is 43.9 Å². The van der Waals surface area contributed by atoms with Crippen molar-refractivity contribution in [1.29, 1.82) is 0 Å². The molecule has 0 spiro atoms. The number of alkyl halides is 3. The maximum Gasteiger partial charge on any atom is 0.416 e. The molecule has 0 aliphatic carbocycles. The lowest BCUT2D eigenvalue weighted by atomic mass is 10.1. The summed E-state index contributed by atoms with van der Waals surface area (Å²) < 4.78 is 68.8. The molecule has 0 unspecified atom stereocenters. The smallest absolute Gasteiger partial charge is 0.352 e. The van der Waals surface area contributed by atoms with Crippen LogP contribution in [0.3, 0.4) is 0 Å². The van der Waals surface area contributed by atoms with Crippen LogP contribution in [0.15, 0.2) is 83.8 Å². The number of sulfonamides is 1. The van der Waals surface area contributed by atoms with E-state index in [9.17, 15) is 31.2 Å². The first kappa shape index (κ1) is 31.7. The molecule has 0 saturated heterocycles. The summed E-state index contributed by atoms with van der Waals surface area (Å²) in [7, 11) is -4.48. The molecule has 0 heterocycles. The van der Waals surface area contributed by atoms with E-state index >= 15 is 0 Å². The molecule has 7 nitrogen and oxygen atoms in total. The lowest BCUT2D eigenvalue weighted by molar-refractivity contribution is -0.139. The number of carbonyl (C=O) groups excluding carboxylic acids is 2. The van der Waals surface area contributed by atoms with E-state index in [0.717, 1.165) is 17.7 Å². The van der Waals surface area contributed by atoms with E-state index in [1.165, 1.54) is 42.2 Å². The fourth-order valence-corrected chi connectivity index (χ4v) is 5.57. The highest BCUT2D eigenvalue weighted by Gasteiger charge is 2.35. The molecule has 0 aromatic heterocycles. The number of halogens is 3. The van der Waals surface area contributed by atoms with Gasteiger partial charge in [-0.15, -0.1) is 0 Å². The maximum atomic E-state index is 13.9. The van der Waals surface area contributed by atoms with Gasteiger partial charge >= 0.3 is 6.18 Å². The zero-order valence-electron chi connectivity index (χ0n) is 23.4. The summed E-state index contributed by atoms with van der Waals surface area (Å²) in [4.78, 5) is 28.0. The molecule has 2 amide bonds. The fraction of sp³-hybridized carbons (Fsp3) is 0.333. The van der Waals surface area contributed by atoms with Gasteiger partial charge in [0.05, 0.1) is 16.1 Å². The SMILES string of the molecule is CC[C@H](C)NC(=O)[C@@H](C)N(Cc1cccc(C)c1)C(=O)CN(c1cccc(C(F)(F)F)c1)S(=O)(=O)c1ccccc1. The first-order valence-electron chi connectivity index (χ1n) is 13.1. The van der Waals surface area contributed by atoms with Gasteiger partial charge in [0.1, 0.15) is 12.6 Å². The van der Waals surface area contributed by atoms with Crippen molar-refractivity contribution >= 4 is 27.5 Å². The van der Waals surface area contributed by atoms with Crippen LogP contribution in [-0.2, 0) is 32.3 Å². The van der Waals surface area contributed by atoms with Gasteiger partial charge in [-0.05, 0) is 63.1 Å². The van der Waals surface area contributed by atoms with Gasteiger partial charge in [-0.1, -0.05) is 61.0 Å². The summed E-state index contributed by atoms with van der Waals surface area (Å²) >= 11 is 0. The summed E-state index contributed by atoms with van der Waals surface area (Å²) in [6, 6.07) is 17.1. The van der Waals surface area contributed by atoms with Gasteiger partial charge in [-0.2, -0.15) is 13.2 Å². The molecule has 220 valence electrons. The molecule has 41 heavy (non-hydrogen) atoms. The number of aryl methyl sites for hydroxylation is 1. The van der Waals surface area contributed by atoms with Crippen molar-refractivity contribution in [2.24, 2.45) is 0 Å². The average molecular weight is 590 g/mol. The molecule has 0 aliphatic rings. The van der Waals surface area contributed by atoms with Crippen molar-refractivity contribution in [3.05, 3.63) is 95.6 Å². The summed E-state index contributed by atoms with van der Waals surface area (Å²) in [5, 5.41) is 2.84. The fourth-order valence-electron chi connectivity index (χ4n) is 4.14. The van der Waals surface area contributed by atoms with Crippen molar-refractivity contribution < 1.29 is 31.2 Å². The van der Waals surface area contributed by atoms with Crippen LogP contribution in [0.25, 0.3) is 0 Å². The molecule has 0 saturated carbocycles. The maximum absolute atomic E-state index is 13.9. The Morgan fingerprint density at radius 3 is 2.20 bits per heavy atom. The van der Waals surface area contributed by atoms with E-state index in [-0.39, 0.29) is 23.2 Å². The van der Waals surface area contributed by atoms with Gasteiger partial charge in [0.25, 0.3) is 10.0 Å². The quantitative estimate of drug-likeness (QED) is 0.318. The van der Waals surface area contributed by atoms with E-state index in [1.807, 2.05) is 32.9 Å². The summed E-state index contributed by atoms with van der Waals surface area (Å²) in [5.41, 5.74) is 0.236. The van der Waals surface area contributed by atoms with E-state index in [2.05, 4.69) is 5.32 Å². The van der Waals surface area contributed by atoms with Gasteiger partial charge in [0.15, 0.2) is 0 Å². The van der Waals surface area contributed by atoms with Crippen LogP contribution in [0, 0.1) is 6.92 Å². The van der Waals surface area contributed by atoms with Crippen LogP contribution in [0.5, 0.6) is 0 Å². The molecule has 3 aromatic rings. The minimum Gasteiger partial charge on any atom is -0.352 e. The molecule has 11 heteroatoms. The minimum atomic E-state index is -4.73. The summed E-state index contributed by atoms with van der Waals surface area (Å²) in [6.07, 6.45) is -4.08. The number of hydrogen-bond acceptors (Lipinski definition) is 4. The molecule has 0 radical (unpaired) electrons. The number of anilines is 1. The number of amides is 2. The predicted molar refractivity (Wildman–Crippen MR) is 152 cm³/mol.